The van der Waals surface area contributed by atoms with E-state index in [4.69, 9.17) is 10.5 Å². The van der Waals surface area contributed by atoms with Crippen LogP contribution in [0.4, 0.5) is 0 Å². The quantitative estimate of drug-likeness (QED) is 0.748. The Hall–Kier alpha value is -1.14. The van der Waals surface area contributed by atoms with Crippen molar-refractivity contribution >= 4 is 11.8 Å². The zero-order valence-electron chi connectivity index (χ0n) is 12.3. The van der Waals surface area contributed by atoms with Gasteiger partial charge in [0, 0.05) is 25.8 Å². The summed E-state index contributed by atoms with van der Waals surface area (Å²) in [5.74, 6) is -0.376. The van der Waals surface area contributed by atoms with Gasteiger partial charge in [-0.25, -0.2) is 0 Å². The van der Waals surface area contributed by atoms with Crippen LogP contribution in [0, 0.1) is 0 Å². The van der Waals surface area contributed by atoms with Crippen molar-refractivity contribution in [3.05, 3.63) is 0 Å². The molecule has 110 valence electrons. The summed E-state index contributed by atoms with van der Waals surface area (Å²) in [6.45, 7) is 6.70. The number of nitrogens with zero attached hydrogens (tertiary/aromatic N) is 1. The molecular weight excluding hydrogens is 246 g/mol. The van der Waals surface area contributed by atoms with E-state index >= 15 is 0 Å². The maximum absolute atomic E-state index is 12.3. The second kappa shape index (κ2) is 5.88. The van der Waals surface area contributed by atoms with Gasteiger partial charge in [-0.05, 0) is 33.6 Å². The molecule has 1 saturated heterocycles. The van der Waals surface area contributed by atoms with Crippen molar-refractivity contribution in [2.24, 2.45) is 5.73 Å². The summed E-state index contributed by atoms with van der Waals surface area (Å²) in [7, 11) is 1.61. The highest BCUT2D eigenvalue weighted by Gasteiger charge is 2.38. The molecule has 0 aromatic rings. The SMILES string of the molecule is CN(CC(=O)NC(C)(C)C)C(=O)C1(N)CCOCC1. The molecule has 2 amide bonds. The van der Waals surface area contributed by atoms with Gasteiger partial charge in [0.05, 0.1) is 12.1 Å². The van der Waals surface area contributed by atoms with Crippen LogP contribution in [0.1, 0.15) is 33.6 Å². The summed E-state index contributed by atoms with van der Waals surface area (Å²) in [6.07, 6.45) is 0.994. The molecule has 0 bridgehead atoms. The third kappa shape index (κ3) is 4.80. The van der Waals surface area contributed by atoms with Crippen molar-refractivity contribution in [2.45, 2.75) is 44.7 Å². The number of hydrogen-bond donors (Lipinski definition) is 2. The standard InChI is InChI=1S/C13H25N3O3/c1-12(2,3)15-10(17)9-16(4)11(18)13(14)5-7-19-8-6-13/h5-9,14H2,1-4H3,(H,15,17). The van der Waals surface area contributed by atoms with Crippen molar-refractivity contribution in [1.82, 2.24) is 10.2 Å². The van der Waals surface area contributed by atoms with E-state index in [0.717, 1.165) is 0 Å². The number of amides is 2. The molecule has 1 rings (SSSR count). The topological polar surface area (TPSA) is 84.7 Å². The van der Waals surface area contributed by atoms with Crippen LogP contribution >= 0.6 is 0 Å². The Morgan fingerprint density at radius 2 is 1.84 bits per heavy atom. The first-order valence-corrected chi connectivity index (χ1v) is 6.57. The Kier molecular flexibility index (Phi) is 4.92. The second-order valence-electron chi connectivity index (χ2n) is 6.23. The lowest BCUT2D eigenvalue weighted by molar-refractivity contribution is -0.142. The molecule has 1 aliphatic heterocycles. The number of nitrogens with one attached hydrogen (secondary N) is 1. The Bertz CT molecular complexity index is 344. The largest absolute Gasteiger partial charge is 0.381 e. The lowest BCUT2D eigenvalue weighted by atomic mass is 9.90. The molecule has 1 fully saturated rings. The van der Waals surface area contributed by atoms with Crippen LogP contribution < -0.4 is 11.1 Å². The smallest absolute Gasteiger partial charge is 0.243 e. The molecule has 19 heavy (non-hydrogen) atoms. The number of likely N-dealkylation sites (N-methyl/N-ethyl adjacent to an activating group) is 1. The van der Waals surface area contributed by atoms with Gasteiger partial charge >= 0.3 is 0 Å². The van der Waals surface area contributed by atoms with Crippen LogP contribution in [0.25, 0.3) is 0 Å². The van der Waals surface area contributed by atoms with E-state index < -0.39 is 5.54 Å². The molecule has 3 N–H and O–H groups in total. The number of hydrogen-bond acceptors (Lipinski definition) is 4. The average molecular weight is 271 g/mol. The van der Waals surface area contributed by atoms with Gasteiger partial charge in [0.2, 0.25) is 11.8 Å². The minimum absolute atomic E-state index is 0.0237. The Morgan fingerprint density at radius 3 is 2.32 bits per heavy atom. The minimum atomic E-state index is -0.894. The highest BCUT2D eigenvalue weighted by atomic mass is 16.5. The minimum Gasteiger partial charge on any atom is -0.381 e. The van der Waals surface area contributed by atoms with E-state index in [0.29, 0.717) is 26.1 Å². The van der Waals surface area contributed by atoms with Crippen LogP contribution in [-0.2, 0) is 14.3 Å². The first kappa shape index (κ1) is 15.9. The number of rotatable bonds is 3. The monoisotopic (exact) mass is 271 g/mol. The molecule has 0 spiro atoms. The lowest BCUT2D eigenvalue weighted by Crippen LogP contribution is -2.58. The number of ether oxygens (including phenoxy) is 1. The molecule has 1 heterocycles. The fourth-order valence-electron chi connectivity index (χ4n) is 2.07. The Morgan fingerprint density at radius 1 is 1.32 bits per heavy atom. The van der Waals surface area contributed by atoms with E-state index in [2.05, 4.69) is 5.32 Å². The van der Waals surface area contributed by atoms with Gasteiger partial charge in [-0.15, -0.1) is 0 Å². The van der Waals surface area contributed by atoms with Gasteiger partial charge in [0.1, 0.15) is 0 Å². The van der Waals surface area contributed by atoms with Crippen LogP contribution in [0.3, 0.4) is 0 Å². The lowest BCUT2D eigenvalue weighted by Gasteiger charge is -2.35. The van der Waals surface area contributed by atoms with Crippen molar-refractivity contribution in [1.29, 1.82) is 0 Å². The predicted molar refractivity (Wildman–Crippen MR) is 72.5 cm³/mol. The molecule has 6 heteroatoms. The molecule has 6 nitrogen and oxygen atoms in total. The summed E-state index contributed by atoms with van der Waals surface area (Å²) in [5, 5.41) is 2.82. The fraction of sp³-hybridized carbons (Fsp3) is 0.846. The summed E-state index contributed by atoms with van der Waals surface area (Å²) in [6, 6.07) is 0. The third-order valence-corrected chi connectivity index (χ3v) is 3.05. The molecule has 0 unspecified atom stereocenters. The van der Waals surface area contributed by atoms with Gasteiger partial charge in [0.15, 0.2) is 0 Å². The molecule has 0 saturated carbocycles. The highest BCUT2D eigenvalue weighted by Crippen LogP contribution is 2.19. The summed E-state index contributed by atoms with van der Waals surface area (Å²) >= 11 is 0. The Labute approximate surface area is 114 Å². The highest BCUT2D eigenvalue weighted by molar-refractivity contribution is 5.90. The molecule has 1 aliphatic rings. The maximum atomic E-state index is 12.3. The number of carbonyl (C=O) groups excluding carboxylic acids is 2. The molecule has 0 atom stereocenters. The van der Waals surface area contributed by atoms with Crippen molar-refractivity contribution in [3.63, 3.8) is 0 Å². The third-order valence-electron chi connectivity index (χ3n) is 3.05. The van der Waals surface area contributed by atoms with Crippen LogP contribution in [0.5, 0.6) is 0 Å². The van der Waals surface area contributed by atoms with Crippen LogP contribution in [-0.4, -0.2) is 54.6 Å². The average Bonchev–Trinajstić information content (AvgIpc) is 2.26. The van der Waals surface area contributed by atoms with E-state index in [1.807, 2.05) is 20.8 Å². The Balaban J connectivity index is 2.55. The van der Waals surface area contributed by atoms with Gasteiger partial charge in [0.25, 0.3) is 0 Å². The first-order valence-electron chi connectivity index (χ1n) is 6.57. The maximum Gasteiger partial charge on any atom is 0.243 e. The fourth-order valence-corrected chi connectivity index (χ4v) is 2.07. The normalized spacial score (nSPS) is 18.8. The molecule has 0 aromatic carbocycles. The van der Waals surface area contributed by atoms with Crippen molar-refractivity contribution in [3.8, 4) is 0 Å². The van der Waals surface area contributed by atoms with Crippen LogP contribution in [0.15, 0.2) is 0 Å². The van der Waals surface area contributed by atoms with Crippen molar-refractivity contribution in [2.75, 3.05) is 26.8 Å². The van der Waals surface area contributed by atoms with E-state index in [-0.39, 0.29) is 23.9 Å². The molecular formula is C13H25N3O3. The van der Waals surface area contributed by atoms with Crippen LogP contribution in [0.2, 0.25) is 0 Å². The number of nitrogens with two attached hydrogens (primary N) is 1. The van der Waals surface area contributed by atoms with Gasteiger partial charge < -0.3 is 20.7 Å². The van der Waals surface area contributed by atoms with Gasteiger partial charge in [-0.2, -0.15) is 0 Å². The number of carbonyl (C=O) groups is 2. The molecule has 0 aliphatic carbocycles. The van der Waals surface area contributed by atoms with Gasteiger partial charge in [-0.3, -0.25) is 9.59 Å². The second-order valence-corrected chi connectivity index (χ2v) is 6.23. The molecule has 0 aromatic heterocycles. The predicted octanol–water partition coefficient (Wildman–Crippen LogP) is -0.133. The first-order chi connectivity index (χ1) is 8.64. The summed E-state index contributed by atoms with van der Waals surface area (Å²) in [5.41, 5.74) is 4.90. The van der Waals surface area contributed by atoms with E-state index in [1.165, 1.54) is 4.90 Å². The van der Waals surface area contributed by atoms with E-state index in [1.54, 1.807) is 7.05 Å². The zero-order valence-corrected chi connectivity index (χ0v) is 12.3. The van der Waals surface area contributed by atoms with Gasteiger partial charge in [-0.1, -0.05) is 0 Å². The zero-order chi connectivity index (χ0) is 14.7. The molecule has 0 radical (unpaired) electrons. The van der Waals surface area contributed by atoms with E-state index in [9.17, 15) is 9.59 Å². The van der Waals surface area contributed by atoms with Crippen molar-refractivity contribution < 1.29 is 14.3 Å². The summed E-state index contributed by atoms with van der Waals surface area (Å²) in [4.78, 5) is 25.5. The summed E-state index contributed by atoms with van der Waals surface area (Å²) < 4.78 is 5.21.